The molecule has 6 heteroatoms. The predicted octanol–water partition coefficient (Wildman–Crippen LogP) is 0.575. The van der Waals surface area contributed by atoms with Crippen LogP contribution in [-0.2, 0) is 4.79 Å². The van der Waals surface area contributed by atoms with Crippen LogP contribution in [0.1, 0.15) is 0 Å². The lowest BCUT2D eigenvalue weighted by molar-refractivity contribution is -0.118. The zero-order valence-electron chi connectivity index (χ0n) is 10.6. The lowest BCUT2D eigenvalue weighted by Crippen LogP contribution is -2.48. The van der Waals surface area contributed by atoms with E-state index in [1.54, 1.807) is 24.3 Å². The largest absolute Gasteiger partial charge is 0.481 e. The topological polar surface area (TPSA) is 67.3 Å². The summed E-state index contributed by atoms with van der Waals surface area (Å²) in [4.78, 5) is 22.4. The summed E-state index contributed by atoms with van der Waals surface area (Å²) in [6.07, 6.45) is 1.70. The number of aromatic nitrogens is 2. The fourth-order valence-electron chi connectivity index (χ4n) is 2.19. The van der Waals surface area contributed by atoms with E-state index in [-0.39, 0.29) is 5.91 Å². The minimum atomic E-state index is 0.0448. The maximum Gasteiger partial charge on any atom is 0.241 e. The van der Waals surface area contributed by atoms with Crippen molar-refractivity contribution in [1.82, 2.24) is 15.3 Å². The second-order valence-corrected chi connectivity index (χ2v) is 4.27. The van der Waals surface area contributed by atoms with Gasteiger partial charge in [0.05, 0.1) is 24.9 Å². The molecule has 1 aliphatic rings. The SMILES string of the molecule is COc1ccc2nccc(N3CCNCC3=O)c2n1. The zero-order chi connectivity index (χ0) is 13.2. The van der Waals surface area contributed by atoms with Gasteiger partial charge in [-0.15, -0.1) is 0 Å². The highest BCUT2D eigenvalue weighted by Crippen LogP contribution is 2.26. The zero-order valence-corrected chi connectivity index (χ0v) is 10.6. The molecular weight excluding hydrogens is 244 g/mol. The van der Waals surface area contributed by atoms with Crippen molar-refractivity contribution in [2.24, 2.45) is 0 Å². The summed E-state index contributed by atoms with van der Waals surface area (Å²) in [5.41, 5.74) is 2.23. The molecule has 1 fully saturated rings. The Kier molecular flexibility index (Phi) is 3.00. The van der Waals surface area contributed by atoms with Crippen LogP contribution in [0.5, 0.6) is 5.88 Å². The molecule has 2 aromatic heterocycles. The number of piperazine rings is 1. The van der Waals surface area contributed by atoms with Crippen molar-refractivity contribution >= 4 is 22.6 Å². The Hall–Kier alpha value is -2.21. The summed E-state index contributed by atoms with van der Waals surface area (Å²) in [7, 11) is 1.57. The van der Waals surface area contributed by atoms with Gasteiger partial charge in [0, 0.05) is 25.4 Å². The van der Waals surface area contributed by atoms with Crippen molar-refractivity contribution in [3.05, 3.63) is 24.4 Å². The number of ether oxygens (including phenoxy) is 1. The summed E-state index contributed by atoms with van der Waals surface area (Å²) >= 11 is 0. The molecule has 98 valence electrons. The van der Waals surface area contributed by atoms with E-state index in [0.29, 0.717) is 24.5 Å². The molecule has 0 spiro atoms. The molecule has 0 aromatic carbocycles. The Labute approximate surface area is 110 Å². The second kappa shape index (κ2) is 4.81. The van der Waals surface area contributed by atoms with Gasteiger partial charge in [0.25, 0.3) is 0 Å². The van der Waals surface area contributed by atoms with E-state index < -0.39 is 0 Å². The third-order valence-electron chi connectivity index (χ3n) is 3.13. The van der Waals surface area contributed by atoms with Gasteiger partial charge in [-0.25, -0.2) is 4.98 Å². The van der Waals surface area contributed by atoms with Crippen LogP contribution in [0.25, 0.3) is 11.0 Å². The Morgan fingerprint density at radius 3 is 3.05 bits per heavy atom. The summed E-state index contributed by atoms with van der Waals surface area (Å²) in [5, 5.41) is 3.05. The standard InChI is InChI=1S/C13H14N4O2/c1-19-11-3-2-9-13(16-11)10(4-5-15-9)17-7-6-14-8-12(17)18/h2-5,14H,6-8H2,1H3. The molecule has 3 rings (SSSR count). The van der Waals surface area contributed by atoms with Gasteiger partial charge in [0.2, 0.25) is 11.8 Å². The van der Waals surface area contributed by atoms with E-state index in [2.05, 4.69) is 15.3 Å². The molecule has 0 atom stereocenters. The molecule has 0 saturated carbocycles. The summed E-state index contributed by atoms with van der Waals surface area (Å²) in [5.74, 6) is 0.563. The van der Waals surface area contributed by atoms with E-state index in [1.807, 2.05) is 12.1 Å². The molecule has 2 aromatic rings. The molecule has 3 heterocycles. The number of hydrogen-bond donors (Lipinski definition) is 1. The second-order valence-electron chi connectivity index (χ2n) is 4.27. The van der Waals surface area contributed by atoms with Crippen LogP contribution in [0, 0.1) is 0 Å². The summed E-state index contributed by atoms with van der Waals surface area (Å²) < 4.78 is 5.14. The van der Waals surface area contributed by atoms with Crippen molar-refractivity contribution in [3.63, 3.8) is 0 Å². The molecule has 1 amide bonds. The van der Waals surface area contributed by atoms with Crippen LogP contribution in [0.15, 0.2) is 24.4 Å². The first-order valence-corrected chi connectivity index (χ1v) is 6.10. The van der Waals surface area contributed by atoms with Gasteiger partial charge in [-0.3, -0.25) is 9.78 Å². The highest BCUT2D eigenvalue weighted by molar-refractivity contribution is 6.02. The maximum atomic E-state index is 12.0. The lowest BCUT2D eigenvalue weighted by atomic mass is 10.2. The number of methoxy groups -OCH3 is 1. The van der Waals surface area contributed by atoms with E-state index in [9.17, 15) is 4.79 Å². The molecule has 6 nitrogen and oxygen atoms in total. The number of carbonyl (C=O) groups is 1. The Bertz CT molecular complexity index is 629. The molecule has 1 saturated heterocycles. The molecule has 0 bridgehead atoms. The fourth-order valence-corrected chi connectivity index (χ4v) is 2.19. The molecule has 19 heavy (non-hydrogen) atoms. The number of anilines is 1. The Morgan fingerprint density at radius 1 is 1.37 bits per heavy atom. The van der Waals surface area contributed by atoms with Crippen molar-refractivity contribution in [3.8, 4) is 5.88 Å². The monoisotopic (exact) mass is 258 g/mol. The molecule has 0 aliphatic carbocycles. The first-order valence-electron chi connectivity index (χ1n) is 6.10. The van der Waals surface area contributed by atoms with Gasteiger partial charge in [-0.05, 0) is 12.1 Å². The van der Waals surface area contributed by atoms with Gasteiger partial charge in [-0.2, -0.15) is 0 Å². The first kappa shape index (κ1) is 11.9. The van der Waals surface area contributed by atoms with Crippen molar-refractivity contribution in [1.29, 1.82) is 0 Å². The predicted molar refractivity (Wildman–Crippen MR) is 71.3 cm³/mol. The summed E-state index contributed by atoms with van der Waals surface area (Å²) in [6.45, 7) is 1.77. The van der Waals surface area contributed by atoms with Crippen LogP contribution >= 0.6 is 0 Å². The number of nitrogens with zero attached hydrogens (tertiary/aromatic N) is 3. The average molecular weight is 258 g/mol. The Balaban J connectivity index is 2.13. The third-order valence-corrected chi connectivity index (χ3v) is 3.13. The van der Waals surface area contributed by atoms with Crippen molar-refractivity contribution in [2.45, 2.75) is 0 Å². The maximum absolute atomic E-state index is 12.0. The minimum Gasteiger partial charge on any atom is -0.481 e. The van der Waals surface area contributed by atoms with Crippen molar-refractivity contribution < 1.29 is 9.53 Å². The quantitative estimate of drug-likeness (QED) is 0.853. The van der Waals surface area contributed by atoms with E-state index >= 15 is 0 Å². The van der Waals surface area contributed by atoms with Crippen LogP contribution in [0.3, 0.4) is 0 Å². The number of pyridine rings is 2. The number of hydrogen-bond acceptors (Lipinski definition) is 5. The van der Waals surface area contributed by atoms with Crippen molar-refractivity contribution in [2.75, 3.05) is 31.6 Å². The number of carbonyl (C=O) groups excluding carboxylic acids is 1. The number of fused-ring (bicyclic) bond motifs is 1. The number of nitrogens with one attached hydrogen (secondary N) is 1. The van der Waals surface area contributed by atoms with Crippen LogP contribution in [0.2, 0.25) is 0 Å². The highest BCUT2D eigenvalue weighted by Gasteiger charge is 2.21. The molecule has 0 radical (unpaired) electrons. The molecule has 1 aliphatic heterocycles. The third kappa shape index (κ3) is 2.10. The van der Waals surface area contributed by atoms with E-state index in [4.69, 9.17) is 4.74 Å². The smallest absolute Gasteiger partial charge is 0.241 e. The van der Waals surface area contributed by atoms with Crippen LogP contribution in [-0.4, -0.2) is 42.6 Å². The Morgan fingerprint density at radius 2 is 2.26 bits per heavy atom. The van der Waals surface area contributed by atoms with Gasteiger partial charge in [0.15, 0.2) is 0 Å². The minimum absolute atomic E-state index is 0.0448. The van der Waals surface area contributed by atoms with E-state index in [0.717, 1.165) is 17.7 Å². The van der Waals surface area contributed by atoms with E-state index in [1.165, 1.54) is 0 Å². The molecular formula is C13H14N4O2. The lowest BCUT2D eigenvalue weighted by Gasteiger charge is -2.27. The van der Waals surface area contributed by atoms with Gasteiger partial charge in [-0.1, -0.05) is 0 Å². The number of rotatable bonds is 2. The van der Waals surface area contributed by atoms with Gasteiger partial charge < -0.3 is 15.0 Å². The first-order chi connectivity index (χ1) is 9.29. The fraction of sp³-hybridized carbons (Fsp3) is 0.308. The normalized spacial score (nSPS) is 15.8. The van der Waals surface area contributed by atoms with Gasteiger partial charge >= 0.3 is 0 Å². The van der Waals surface area contributed by atoms with Crippen LogP contribution < -0.4 is 15.0 Å². The average Bonchev–Trinajstić information content (AvgIpc) is 2.47. The summed E-state index contributed by atoms with van der Waals surface area (Å²) in [6, 6.07) is 5.42. The highest BCUT2D eigenvalue weighted by atomic mass is 16.5. The molecule has 1 N–H and O–H groups in total. The van der Waals surface area contributed by atoms with Crippen LogP contribution in [0.4, 0.5) is 5.69 Å². The molecule has 0 unspecified atom stereocenters. The van der Waals surface area contributed by atoms with Gasteiger partial charge in [0.1, 0.15) is 5.52 Å². The number of amides is 1.